The quantitative estimate of drug-likeness (QED) is 0.283. The molecule has 1 aliphatic rings. The van der Waals surface area contributed by atoms with Gasteiger partial charge in [0.1, 0.15) is 17.3 Å². The highest BCUT2D eigenvalue weighted by atomic mass is 16.5. The molecule has 3 aromatic carbocycles. The monoisotopic (exact) mass is 454 g/mol. The topological polar surface area (TPSA) is 55.6 Å². The largest absolute Gasteiger partial charge is 0.494 e. The molecule has 1 fully saturated rings. The van der Waals surface area contributed by atoms with Crippen LogP contribution in [0.15, 0.2) is 71.1 Å². The first-order chi connectivity index (χ1) is 16.6. The lowest BCUT2D eigenvalue weighted by Crippen LogP contribution is -2.30. The van der Waals surface area contributed by atoms with Crippen LogP contribution in [-0.2, 0) is 0 Å². The number of ether oxygens (including phenoxy) is 1. The van der Waals surface area contributed by atoms with Gasteiger partial charge >= 0.3 is 0 Å². The van der Waals surface area contributed by atoms with Crippen LogP contribution in [0.1, 0.15) is 60.5 Å². The number of fused-ring (bicyclic) bond motifs is 1. The first-order valence-corrected chi connectivity index (χ1v) is 12.1. The fourth-order valence-electron chi connectivity index (χ4n) is 4.55. The van der Waals surface area contributed by atoms with Crippen molar-refractivity contribution in [1.82, 2.24) is 9.88 Å². The van der Waals surface area contributed by atoms with Crippen molar-refractivity contribution in [3.63, 3.8) is 0 Å². The van der Waals surface area contributed by atoms with E-state index in [9.17, 15) is 4.79 Å². The van der Waals surface area contributed by atoms with Gasteiger partial charge in [0.2, 0.25) is 5.89 Å². The molecule has 1 aromatic heterocycles. The molecule has 0 aliphatic carbocycles. The van der Waals surface area contributed by atoms with Gasteiger partial charge in [0.25, 0.3) is 5.91 Å². The SMILES string of the molecule is CCCCOc1ccc(C(=O)N2CCC[C@H]2c2nc3cc(-c4cccc(C)c4)ccc3o2)cc1. The van der Waals surface area contributed by atoms with Crippen LogP contribution in [0.5, 0.6) is 5.75 Å². The van der Waals surface area contributed by atoms with Gasteiger partial charge in [-0.05, 0) is 73.7 Å². The molecule has 1 saturated heterocycles. The summed E-state index contributed by atoms with van der Waals surface area (Å²) >= 11 is 0. The highest BCUT2D eigenvalue weighted by molar-refractivity contribution is 5.94. The minimum absolute atomic E-state index is 0.00492. The van der Waals surface area contributed by atoms with E-state index in [4.69, 9.17) is 14.1 Å². The Hall–Kier alpha value is -3.60. The second kappa shape index (κ2) is 9.72. The number of rotatable bonds is 7. The van der Waals surface area contributed by atoms with Crippen molar-refractivity contribution < 1.29 is 13.9 Å². The molecule has 0 radical (unpaired) electrons. The van der Waals surface area contributed by atoms with Gasteiger partial charge in [0.15, 0.2) is 5.58 Å². The average Bonchev–Trinajstić information content (AvgIpc) is 3.51. The number of aryl methyl sites for hydroxylation is 1. The first kappa shape index (κ1) is 22.2. The zero-order valence-electron chi connectivity index (χ0n) is 19.8. The molecule has 0 spiro atoms. The number of nitrogens with zero attached hydrogens (tertiary/aromatic N) is 2. The molecule has 0 saturated carbocycles. The third-order valence-electron chi connectivity index (χ3n) is 6.42. The van der Waals surface area contributed by atoms with Crippen molar-refractivity contribution in [2.24, 2.45) is 0 Å². The molecule has 2 heterocycles. The summed E-state index contributed by atoms with van der Waals surface area (Å²) in [7, 11) is 0. The van der Waals surface area contributed by atoms with Crippen molar-refractivity contribution in [1.29, 1.82) is 0 Å². The molecule has 1 amide bonds. The zero-order chi connectivity index (χ0) is 23.5. The Morgan fingerprint density at radius 2 is 1.91 bits per heavy atom. The third-order valence-corrected chi connectivity index (χ3v) is 6.42. The number of hydrogen-bond acceptors (Lipinski definition) is 4. The maximum atomic E-state index is 13.3. The molecular formula is C29H30N2O3. The smallest absolute Gasteiger partial charge is 0.254 e. The van der Waals surface area contributed by atoms with Crippen LogP contribution in [0, 0.1) is 6.92 Å². The lowest BCUT2D eigenvalue weighted by molar-refractivity contribution is 0.0717. The summed E-state index contributed by atoms with van der Waals surface area (Å²) in [6, 6.07) is 21.8. The Morgan fingerprint density at radius 3 is 2.71 bits per heavy atom. The van der Waals surface area contributed by atoms with Crippen molar-refractivity contribution in [3.05, 3.63) is 83.7 Å². The lowest BCUT2D eigenvalue weighted by atomic mass is 10.0. The number of carbonyl (C=O) groups is 1. The van der Waals surface area contributed by atoms with Crippen LogP contribution < -0.4 is 4.74 Å². The van der Waals surface area contributed by atoms with Crippen molar-refractivity contribution in [2.75, 3.05) is 13.2 Å². The van der Waals surface area contributed by atoms with Crippen molar-refractivity contribution in [2.45, 2.75) is 45.6 Å². The number of oxazole rings is 1. The maximum Gasteiger partial charge on any atom is 0.254 e. The van der Waals surface area contributed by atoms with E-state index < -0.39 is 0 Å². The molecule has 34 heavy (non-hydrogen) atoms. The lowest BCUT2D eigenvalue weighted by Gasteiger charge is -2.22. The molecule has 174 valence electrons. The van der Waals surface area contributed by atoms with E-state index in [1.165, 1.54) is 5.56 Å². The molecule has 0 N–H and O–H groups in total. The number of unbranched alkanes of at least 4 members (excludes halogenated alkanes) is 1. The summed E-state index contributed by atoms with van der Waals surface area (Å²) in [5.41, 5.74) is 5.72. The Bertz CT molecular complexity index is 1290. The van der Waals surface area contributed by atoms with E-state index in [1.54, 1.807) is 0 Å². The summed E-state index contributed by atoms with van der Waals surface area (Å²) in [5, 5.41) is 0. The third kappa shape index (κ3) is 4.56. The minimum Gasteiger partial charge on any atom is -0.494 e. The fourth-order valence-corrected chi connectivity index (χ4v) is 4.55. The van der Waals surface area contributed by atoms with Gasteiger partial charge in [-0.3, -0.25) is 4.79 Å². The molecule has 1 aliphatic heterocycles. The molecule has 1 atom stereocenters. The predicted molar refractivity (Wildman–Crippen MR) is 134 cm³/mol. The fraction of sp³-hybridized carbons (Fsp3) is 0.310. The maximum absolute atomic E-state index is 13.3. The van der Waals surface area contributed by atoms with E-state index in [2.05, 4.69) is 50.2 Å². The van der Waals surface area contributed by atoms with Crippen LogP contribution in [-0.4, -0.2) is 28.9 Å². The summed E-state index contributed by atoms with van der Waals surface area (Å²) in [4.78, 5) is 20.0. The average molecular weight is 455 g/mol. The van der Waals surface area contributed by atoms with Crippen molar-refractivity contribution in [3.8, 4) is 16.9 Å². The van der Waals surface area contributed by atoms with Gasteiger partial charge in [-0.15, -0.1) is 0 Å². The van der Waals surface area contributed by atoms with E-state index in [-0.39, 0.29) is 11.9 Å². The minimum atomic E-state index is -0.150. The normalized spacial score (nSPS) is 15.7. The van der Waals surface area contributed by atoms with E-state index >= 15 is 0 Å². The Morgan fingerprint density at radius 1 is 1.09 bits per heavy atom. The number of likely N-dealkylation sites (tertiary alicyclic amines) is 1. The van der Waals surface area contributed by atoms with E-state index in [0.29, 0.717) is 24.6 Å². The first-order valence-electron chi connectivity index (χ1n) is 12.1. The second-order valence-corrected chi connectivity index (χ2v) is 8.99. The number of amides is 1. The summed E-state index contributed by atoms with van der Waals surface area (Å²) in [5.74, 6) is 1.42. The van der Waals surface area contributed by atoms with Gasteiger partial charge in [0, 0.05) is 12.1 Å². The van der Waals surface area contributed by atoms with Crippen molar-refractivity contribution >= 4 is 17.0 Å². The van der Waals surface area contributed by atoms with Gasteiger partial charge in [-0.25, -0.2) is 4.98 Å². The molecule has 5 nitrogen and oxygen atoms in total. The van der Waals surface area contributed by atoms with Gasteiger partial charge in [-0.2, -0.15) is 0 Å². The molecule has 4 aromatic rings. The molecule has 5 heteroatoms. The molecule has 0 bridgehead atoms. The number of hydrogen-bond donors (Lipinski definition) is 0. The number of aromatic nitrogens is 1. The van der Waals surface area contributed by atoms with Crippen LogP contribution in [0.2, 0.25) is 0 Å². The summed E-state index contributed by atoms with van der Waals surface area (Å²) in [6.45, 7) is 5.62. The van der Waals surface area contributed by atoms with E-state index in [0.717, 1.165) is 53.7 Å². The van der Waals surface area contributed by atoms with Gasteiger partial charge in [-0.1, -0.05) is 49.2 Å². The summed E-state index contributed by atoms with van der Waals surface area (Å²) < 4.78 is 11.9. The van der Waals surface area contributed by atoms with E-state index in [1.807, 2.05) is 35.2 Å². The highest BCUT2D eigenvalue weighted by Crippen LogP contribution is 2.35. The predicted octanol–water partition coefficient (Wildman–Crippen LogP) is 6.96. The Balaban J connectivity index is 1.35. The highest BCUT2D eigenvalue weighted by Gasteiger charge is 2.34. The van der Waals surface area contributed by atoms with Crippen LogP contribution in [0.4, 0.5) is 0 Å². The van der Waals surface area contributed by atoms with Crippen LogP contribution in [0.25, 0.3) is 22.2 Å². The number of carbonyl (C=O) groups excluding carboxylic acids is 1. The molecule has 5 rings (SSSR count). The zero-order valence-corrected chi connectivity index (χ0v) is 19.8. The molecule has 0 unspecified atom stereocenters. The number of benzene rings is 3. The van der Waals surface area contributed by atoms with Gasteiger partial charge in [0.05, 0.1) is 6.61 Å². The Labute approximate surface area is 200 Å². The van der Waals surface area contributed by atoms with Crippen LogP contribution in [0.3, 0.4) is 0 Å². The standard InChI is InChI=1S/C29H30N2O3/c1-3-4-17-33-24-13-10-21(11-14-24)29(32)31-16-6-9-26(31)28-30-25-19-23(12-15-27(25)34-28)22-8-5-7-20(2)18-22/h5,7-8,10-15,18-19,26H,3-4,6,9,16-17H2,1-2H3/t26-/m0/s1. The van der Waals surface area contributed by atoms with Gasteiger partial charge < -0.3 is 14.1 Å². The second-order valence-electron chi connectivity index (χ2n) is 8.99. The summed E-state index contributed by atoms with van der Waals surface area (Å²) in [6.07, 6.45) is 3.90. The van der Waals surface area contributed by atoms with Crippen LogP contribution >= 0.6 is 0 Å². The Kier molecular flexibility index (Phi) is 6.35. The molecular weight excluding hydrogens is 424 g/mol.